The zero-order valence-electron chi connectivity index (χ0n) is 10.2. The molecule has 1 rings (SSSR count). The Hall–Kier alpha value is -1.38. The molecule has 0 radical (unpaired) electrons. The van der Waals surface area contributed by atoms with Crippen LogP contribution in [-0.2, 0) is 16.4 Å². The molecule has 0 fully saturated rings. The van der Waals surface area contributed by atoms with E-state index in [1.807, 2.05) is 13.0 Å². The van der Waals surface area contributed by atoms with Gasteiger partial charge in [-0.1, -0.05) is 19.1 Å². The molecule has 1 aromatic rings. The Labute approximate surface area is 102 Å². The zero-order chi connectivity index (χ0) is 13.1. The first-order chi connectivity index (χ1) is 7.80. The first kappa shape index (κ1) is 13.7. The average molecular weight is 252 g/mol. The Morgan fingerprint density at radius 2 is 1.82 bits per heavy atom. The van der Waals surface area contributed by atoms with Gasteiger partial charge in [-0.15, -0.1) is 0 Å². The summed E-state index contributed by atoms with van der Waals surface area (Å²) in [5.41, 5.74) is -0.0362. The van der Waals surface area contributed by atoms with E-state index < -0.39 is 15.6 Å². The van der Waals surface area contributed by atoms with Crippen LogP contribution in [-0.4, -0.2) is 14.0 Å². The van der Waals surface area contributed by atoms with E-state index in [1.54, 1.807) is 24.3 Å². The van der Waals surface area contributed by atoms with E-state index in [9.17, 15) is 8.42 Å². The summed E-state index contributed by atoms with van der Waals surface area (Å²) in [6.45, 7) is 5.04. The predicted octanol–water partition coefficient (Wildman–Crippen LogP) is 1.83. The van der Waals surface area contributed by atoms with Gasteiger partial charge in [0.15, 0.2) is 0 Å². The van der Waals surface area contributed by atoms with Gasteiger partial charge in [0.25, 0.3) is 0 Å². The summed E-state index contributed by atoms with van der Waals surface area (Å²) in [5, 5.41) is 8.81. The monoisotopic (exact) mass is 252 g/mol. The summed E-state index contributed by atoms with van der Waals surface area (Å²) in [6.07, 6.45) is 0.859. The number of hydrogen-bond donors (Lipinski definition) is 1. The average Bonchev–Trinajstić information content (AvgIpc) is 2.28. The summed E-state index contributed by atoms with van der Waals surface area (Å²) in [4.78, 5) is 0.179. The Morgan fingerprint density at radius 1 is 1.29 bits per heavy atom. The van der Waals surface area contributed by atoms with Gasteiger partial charge in [-0.25, -0.2) is 8.42 Å². The number of hydrogen-bond acceptors (Lipinski definition) is 3. The van der Waals surface area contributed by atoms with Gasteiger partial charge in [0.2, 0.25) is 10.0 Å². The normalized spacial score (nSPS) is 12.1. The molecule has 0 unspecified atom stereocenters. The molecule has 1 N–H and O–H groups in total. The molecule has 0 aliphatic carbocycles. The maximum Gasteiger partial charge on any atom is 0.241 e. The van der Waals surface area contributed by atoms with Crippen LogP contribution in [0.2, 0.25) is 0 Å². The molecule has 0 atom stereocenters. The lowest BCUT2D eigenvalue weighted by atomic mass is 10.1. The van der Waals surface area contributed by atoms with Crippen LogP contribution in [0.25, 0.3) is 0 Å². The van der Waals surface area contributed by atoms with E-state index in [0.29, 0.717) is 0 Å². The third-order valence-corrected chi connectivity index (χ3v) is 3.98. The second-order valence-electron chi connectivity index (χ2n) is 4.34. The van der Waals surface area contributed by atoms with Crippen molar-refractivity contribution in [3.05, 3.63) is 29.8 Å². The van der Waals surface area contributed by atoms with Gasteiger partial charge >= 0.3 is 0 Å². The SMILES string of the molecule is CCc1ccc(S(=O)(=O)NC(C)(C)C#N)cc1. The van der Waals surface area contributed by atoms with E-state index in [1.165, 1.54) is 13.8 Å². The van der Waals surface area contributed by atoms with Crippen molar-refractivity contribution in [3.8, 4) is 6.07 Å². The molecule has 0 heterocycles. The minimum absolute atomic E-state index is 0.179. The highest BCUT2D eigenvalue weighted by atomic mass is 32.2. The number of rotatable bonds is 4. The molecule has 0 aliphatic rings. The highest BCUT2D eigenvalue weighted by molar-refractivity contribution is 7.89. The fourth-order valence-corrected chi connectivity index (χ4v) is 2.65. The molecule has 0 bridgehead atoms. The van der Waals surface area contributed by atoms with E-state index in [2.05, 4.69) is 4.72 Å². The molecule has 0 saturated carbocycles. The van der Waals surface area contributed by atoms with Crippen LogP contribution < -0.4 is 4.72 Å². The quantitative estimate of drug-likeness (QED) is 0.888. The van der Waals surface area contributed by atoms with Crippen molar-refractivity contribution in [1.29, 1.82) is 5.26 Å². The van der Waals surface area contributed by atoms with Crippen LogP contribution in [0.3, 0.4) is 0 Å². The molecule has 0 amide bonds. The van der Waals surface area contributed by atoms with Gasteiger partial charge in [-0.3, -0.25) is 0 Å². The van der Waals surface area contributed by atoms with Crippen molar-refractivity contribution in [1.82, 2.24) is 4.72 Å². The van der Waals surface area contributed by atoms with Crippen LogP contribution in [0.4, 0.5) is 0 Å². The number of nitrogens with zero attached hydrogens (tertiary/aromatic N) is 1. The Balaban J connectivity index is 3.02. The number of sulfonamides is 1. The van der Waals surface area contributed by atoms with Gasteiger partial charge in [0.05, 0.1) is 11.0 Å². The van der Waals surface area contributed by atoms with Crippen LogP contribution in [0.15, 0.2) is 29.2 Å². The highest BCUT2D eigenvalue weighted by Gasteiger charge is 2.25. The van der Waals surface area contributed by atoms with Gasteiger partial charge in [0.1, 0.15) is 5.54 Å². The minimum Gasteiger partial charge on any atom is -0.207 e. The van der Waals surface area contributed by atoms with Crippen molar-refractivity contribution in [2.75, 3.05) is 0 Å². The standard InChI is InChI=1S/C12H16N2O2S/c1-4-10-5-7-11(8-6-10)17(15,16)14-12(2,3)9-13/h5-8,14H,4H2,1-3H3. The summed E-state index contributed by atoms with van der Waals surface area (Å²) < 4.78 is 26.2. The molecule has 0 aromatic heterocycles. The molecule has 0 aliphatic heterocycles. The van der Waals surface area contributed by atoms with Crippen molar-refractivity contribution in [2.45, 2.75) is 37.6 Å². The smallest absolute Gasteiger partial charge is 0.207 e. The molecule has 0 saturated heterocycles. The van der Waals surface area contributed by atoms with Crippen molar-refractivity contribution < 1.29 is 8.42 Å². The third-order valence-electron chi connectivity index (χ3n) is 2.31. The lowest BCUT2D eigenvalue weighted by Crippen LogP contribution is -2.41. The van der Waals surface area contributed by atoms with Gasteiger partial charge in [0, 0.05) is 0 Å². The topological polar surface area (TPSA) is 70.0 Å². The Morgan fingerprint density at radius 3 is 2.24 bits per heavy atom. The van der Waals surface area contributed by atoms with Crippen LogP contribution >= 0.6 is 0 Å². The molecule has 17 heavy (non-hydrogen) atoms. The summed E-state index contributed by atoms with van der Waals surface area (Å²) in [6, 6.07) is 8.54. The van der Waals surface area contributed by atoms with E-state index >= 15 is 0 Å². The van der Waals surface area contributed by atoms with E-state index in [0.717, 1.165) is 12.0 Å². The lowest BCUT2D eigenvalue weighted by Gasteiger charge is -2.17. The third kappa shape index (κ3) is 3.55. The molecular weight excluding hydrogens is 236 g/mol. The largest absolute Gasteiger partial charge is 0.241 e. The number of nitrogens with one attached hydrogen (secondary N) is 1. The number of benzene rings is 1. The first-order valence-electron chi connectivity index (χ1n) is 5.35. The maximum atomic E-state index is 11.9. The first-order valence-corrected chi connectivity index (χ1v) is 6.83. The maximum absolute atomic E-state index is 11.9. The van der Waals surface area contributed by atoms with Crippen LogP contribution in [0.1, 0.15) is 26.3 Å². The number of nitriles is 1. The number of aryl methyl sites for hydroxylation is 1. The van der Waals surface area contributed by atoms with Crippen molar-refractivity contribution in [3.63, 3.8) is 0 Å². The highest BCUT2D eigenvalue weighted by Crippen LogP contribution is 2.13. The lowest BCUT2D eigenvalue weighted by molar-refractivity contribution is 0.535. The molecule has 5 heteroatoms. The summed E-state index contributed by atoms with van der Waals surface area (Å²) in [7, 11) is -3.63. The predicted molar refractivity (Wildman–Crippen MR) is 65.8 cm³/mol. The van der Waals surface area contributed by atoms with Crippen molar-refractivity contribution in [2.24, 2.45) is 0 Å². The second kappa shape index (κ2) is 4.86. The summed E-state index contributed by atoms with van der Waals surface area (Å²) >= 11 is 0. The van der Waals surface area contributed by atoms with Crippen molar-refractivity contribution >= 4 is 10.0 Å². The second-order valence-corrected chi connectivity index (χ2v) is 6.02. The Bertz CT molecular complexity index is 525. The fraction of sp³-hybridized carbons (Fsp3) is 0.417. The van der Waals surface area contributed by atoms with Gasteiger partial charge < -0.3 is 0 Å². The molecule has 0 spiro atoms. The molecule has 4 nitrogen and oxygen atoms in total. The molecular formula is C12H16N2O2S. The van der Waals surface area contributed by atoms with Crippen LogP contribution in [0, 0.1) is 11.3 Å². The Kier molecular flexibility index (Phi) is 3.91. The van der Waals surface area contributed by atoms with Crippen LogP contribution in [0.5, 0.6) is 0 Å². The summed E-state index contributed by atoms with van der Waals surface area (Å²) in [5.74, 6) is 0. The van der Waals surface area contributed by atoms with E-state index in [-0.39, 0.29) is 4.90 Å². The van der Waals surface area contributed by atoms with Gasteiger partial charge in [-0.05, 0) is 38.0 Å². The minimum atomic E-state index is -3.63. The molecule has 1 aromatic carbocycles. The fourth-order valence-electron chi connectivity index (χ4n) is 1.32. The molecule has 92 valence electrons. The van der Waals surface area contributed by atoms with E-state index in [4.69, 9.17) is 5.26 Å². The zero-order valence-corrected chi connectivity index (χ0v) is 11.0. The van der Waals surface area contributed by atoms with Gasteiger partial charge in [-0.2, -0.15) is 9.98 Å².